The molecule has 0 unspecified atom stereocenters. The van der Waals surface area contributed by atoms with Gasteiger partial charge in [0, 0.05) is 6.54 Å². The SMILES string of the molecule is O=C(NCCC1=CCCC1)Nc1ccc(C(=O)O)nc1. The summed E-state index contributed by atoms with van der Waals surface area (Å²) in [6.45, 7) is 0.596. The van der Waals surface area contributed by atoms with Crippen LogP contribution in [0.4, 0.5) is 10.5 Å². The number of hydrogen-bond acceptors (Lipinski definition) is 3. The summed E-state index contributed by atoms with van der Waals surface area (Å²) < 4.78 is 0. The molecule has 0 spiro atoms. The quantitative estimate of drug-likeness (QED) is 0.719. The van der Waals surface area contributed by atoms with E-state index in [0.717, 1.165) is 19.3 Å². The van der Waals surface area contributed by atoms with Gasteiger partial charge >= 0.3 is 12.0 Å². The third kappa shape index (κ3) is 4.08. The molecule has 0 aliphatic heterocycles. The van der Waals surface area contributed by atoms with E-state index in [4.69, 9.17) is 5.11 Å². The van der Waals surface area contributed by atoms with E-state index in [1.165, 1.54) is 30.3 Å². The molecular weight excluding hydrogens is 258 g/mol. The molecule has 0 atom stereocenters. The molecule has 1 aromatic heterocycles. The predicted molar refractivity (Wildman–Crippen MR) is 74.8 cm³/mol. The Hall–Kier alpha value is -2.37. The van der Waals surface area contributed by atoms with E-state index in [0.29, 0.717) is 12.2 Å². The van der Waals surface area contributed by atoms with Crippen LogP contribution in [0.2, 0.25) is 0 Å². The molecule has 0 saturated heterocycles. The lowest BCUT2D eigenvalue weighted by molar-refractivity contribution is 0.0690. The van der Waals surface area contributed by atoms with E-state index in [-0.39, 0.29) is 11.7 Å². The van der Waals surface area contributed by atoms with Gasteiger partial charge in [-0.3, -0.25) is 0 Å². The normalized spacial score (nSPS) is 13.7. The van der Waals surface area contributed by atoms with Gasteiger partial charge in [-0.05, 0) is 37.8 Å². The average molecular weight is 275 g/mol. The molecule has 0 bridgehead atoms. The second kappa shape index (κ2) is 6.70. The van der Waals surface area contributed by atoms with Gasteiger partial charge in [0.2, 0.25) is 0 Å². The van der Waals surface area contributed by atoms with Crippen molar-refractivity contribution in [2.24, 2.45) is 0 Å². The Kier molecular flexibility index (Phi) is 4.70. The van der Waals surface area contributed by atoms with Crippen LogP contribution in [0.15, 0.2) is 30.0 Å². The lowest BCUT2D eigenvalue weighted by atomic mass is 10.2. The molecule has 0 aromatic carbocycles. The van der Waals surface area contributed by atoms with Crippen LogP contribution in [0.3, 0.4) is 0 Å². The average Bonchev–Trinajstić information content (AvgIpc) is 2.92. The summed E-state index contributed by atoms with van der Waals surface area (Å²) >= 11 is 0. The van der Waals surface area contributed by atoms with Crippen LogP contribution in [0.25, 0.3) is 0 Å². The molecule has 0 saturated carbocycles. The molecule has 2 amide bonds. The zero-order chi connectivity index (χ0) is 14.4. The Morgan fingerprint density at radius 3 is 2.80 bits per heavy atom. The number of allylic oxidation sites excluding steroid dienone is 1. The highest BCUT2D eigenvalue weighted by atomic mass is 16.4. The summed E-state index contributed by atoms with van der Waals surface area (Å²) in [6.07, 6.45) is 7.91. The van der Waals surface area contributed by atoms with Gasteiger partial charge in [0.1, 0.15) is 5.69 Å². The number of carboxylic acid groups (broad SMARTS) is 1. The molecule has 1 aromatic rings. The lowest BCUT2D eigenvalue weighted by Gasteiger charge is -2.07. The molecule has 1 aliphatic rings. The van der Waals surface area contributed by atoms with E-state index < -0.39 is 5.97 Å². The minimum absolute atomic E-state index is 0.0517. The van der Waals surface area contributed by atoms with E-state index >= 15 is 0 Å². The minimum atomic E-state index is -1.09. The highest BCUT2D eigenvalue weighted by Gasteiger charge is 2.07. The summed E-state index contributed by atoms with van der Waals surface area (Å²) in [7, 11) is 0. The summed E-state index contributed by atoms with van der Waals surface area (Å²) in [5.74, 6) is -1.09. The molecule has 0 fully saturated rings. The Labute approximate surface area is 116 Å². The first kappa shape index (κ1) is 14.0. The van der Waals surface area contributed by atoms with Crippen molar-refractivity contribution in [3.05, 3.63) is 35.7 Å². The second-order valence-corrected chi connectivity index (χ2v) is 4.62. The molecular formula is C14H17N3O3. The first-order valence-electron chi connectivity index (χ1n) is 6.57. The Morgan fingerprint density at radius 1 is 1.35 bits per heavy atom. The van der Waals surface area contributed by atoms with Gasteiger partial charge < -0.3 is 15.7 Å². The summed E-state index contributed by atoms with van der Waals surface area (Å²) in [6, 6.07) is 2.55. The Balaban J connectivity index is 1.74. The van der Waals surface area contributed by atoms with E-state index in [1.807, 2.05) is 0 Å². The number of carbonyl (C=O) groups is 2. The number of pyridine rings is 1. The molecule has 3 N–H and O–H groups in total. The monoisotopic (exact) mass is 275 g/mol. The van der Waals surface area contributed by atoms with Crippen molar-refractivity contribution >= 4 is 17.7 Å². The van der Waals surface area contributed by atoms with Gasteiger partial charge in [-0.2, -0.15) is 0 Å². The van der Waals surface area contributed by atoms with Crippen LogP contribution >= 0.6 is 0 Å². The zero-order valence-corrected chi connectivity index (χ0v) is 11.1. The molecule has 2 rings (SSSR count). The van der Waals surface area contributed by atoms with Crippen molar-refractivity contribution < 1.29 is 14.7 Å². The van der Waals surface area contributed by atoms with Gasteiger partial charge in [-0.25, -0.2) is 14.6 Å². The minimum Gasteiger partial charge on any atom is -0.477 e. The van der Waals surface area contributed by atoms with Gasteiger partial charge in [-0.1, -0.05) is 11.6 Å². The van der Waals surface area contributed by atoms with Gasteiger partial charge in [0.05, 0.1) is 11.9 Å². The fraction of sp³-hybridized carbons (Fsp3) is 0.357. The fourth-order valence-electron chi connectivity index (χ4n) is 2.07. The zero-order valence-electron chi connectivity index (χ0n) is 11.1. The van der Waals surface area contributed by atoms with Crippen LogP contribution in [-0.2, 0) is 0 Å². The number of aromatic carboxylic acids is 1. The Morgan fingerprint density at radius 2 is 2.20 bits per heavy atom. The number of urea groups is 1. The number of nitrogens with one attached hydrogen (secondary N) is 2. The van der Waals surface area contributed by atoms with E-state index in [2.05, 4.69) is 21.7 Å². The molecule has 0 radical (unpaired) electrons. The number of aromatic nitrogens is 1. The fourth-order valence-corrected chi connectivity index (χ4v) is 2.07. The highest BCUT2D eigenvalue weighted by Crippen LogP contribution is 2.19. The molecule has 20 heavy (non-hydrogen) atoms. The van der Waals surface area contributed by atoms with Gasteiger partial charge in [-0.15, -0.1) is 0 Å². The Bertz CT molecular complexity index is 523. The summed E-state index contributed by atoms with van der Waals surface area (Å²) in [5.41, 5.74) is 1.81. The highest BCUT2D eigenvalue weighted by molar-refractivity contribution is 5.90. The third-order valence-corrected chi connectivity index (χ3v) is 3.11. The second-order valence-electron chi connectivity index (χ2n) is 4.62. The summed E-state index contributed by atoms with van der Waals surface area (Å²) in [4.78, 5) is 26.0. The van der Waals surface area contributed by atoms with Crippen LogP contribution in [0.1, 0.15) is 36.2 Å². The first-order valence-corrected chi connectivity index (χ1v) is 6.57. The van der Waals surface area contributed by atoms with Crippen molar-refractivity contribution in [2.75, 3.05) is 11.9 Å². The van der Waals surface area contributed by atoms with E-state index in [9.17, 15) is 9.59 Å². The first-order chi connectivity index (χ1) is 9.65. The standard InChI is InChI=1S/C14H17N3O3/c18-13(19)12-6-5-11(9-16-12)17-14(20)15-8-7-10-3-1-2-4-10/h3,5-6,9H,1-2,4,7-8H2,(H,18,19)(H2,15,17,20). The number of nitrogens with zero attached hydrogens (tertiary/aromatic N) is 1. The van der Waals surface area contributed by atoms with Crippen molar-refractivity contribution in [3.63, 3.8) is 0 Å². The van der Waals surface area contributed by atoms with Gasteiger partial charge in [0.15, 0.2) is 0 Å². The van der Waals surface area contributed by atoms with Gasteiger partial charge in [0.25, 0.3) is 0 Å². The summed E-state index contributed by atoms with van der Waals surface area (Å²) in [5, 5.41) is 14.1. The molecule has 6 heteroatoms. The molecule has 106 valence electrons. The maximum Gasteiger partial charge on any atom is 0.354 e. The molecule has 6 nitrogen and oxygen atoms in total. The van der Waals surface area contributed by atoms with E-state index in [1.54, 1.807) is 0 Å². The number of rotatable bonds is 5. The van der Waals surface area contributed by atoms with Crippen molar-refractivity contribution in [3.8, 4) is 0 Å². The smallest absolute Gasteiger partial charge is 0.354 e. The van der Waals surface area contributed by atoms with Crippen LogP contribution < -0.4 is 10.6 Å². The largest absolute Gasteiger partial charge is 0.477 e. The van der Waals surface area contributed by atoms with Crippen LogP contribution in [0, 0.1) is 0 Å². The maximum atomic E-state index is 11.6. The topological polar surface area (TPSA) is 91.3 Å². The number of carboxylic acids is 1. The molecule has 1 heterocycles. The van der Waals surface area contributed by atoms with Crippen LogP contribution in [-0.4, -0.2) is 28.6 Å². The number of carbonyl (C=O) groups excluding carboxylic acids is 1. The number of amides is 2. The van der Waals surface area contributed by atoms with Crippen LogP contribution in [0.5, 0.6) is 0 Å². The van der Waals surface area contributed by atoms with Crippen molar-refractivity contribution in [1.29, 1.82) is 0 Å². The third-order valence-electron chi connectivity index (χ3n) is 3.11. The predicted octanol–water partition coefficient (Wildman–Crippen LogP) is 2.40. The lowest BCUT2D eigenvalue weighted by Crippen LogP contribution is -2.29. The van der Waals surface area contributed by atoms with Crippen molar-refractivity contribution in [1.82, 2.24) is 10.3 Å². The number of hydrogen-bond donors (Lipinski definition) is 3. The maximum absolute atomic E-state index is 11.6. The molecule has 1 aliphatic carbocycles. The van der Waals surface area contributed by atoms with Crippen molar-refractivity contribution in [2.45, 2.75) is 25.7 Å². The number of anilines is 1.